The van der Waals surface area contributed by atoms with Gasteiger partial charge in [-0.15, -0.1) is 0 Å². The summed E-state index contributed by atoms with van der Waals surface area (Å²) in [6.07, 6.45) is 7.05. The Morgan fingerprint density at radius 3 is 2.62 bits per heavy atom. The molecule has 2 bridgehead atoms. The van der Waals surface area contributed by atoms with Crippen molar-refractivity contribution < 1.29 is 4.42 Å². The molecule has 2 atom stereocenters. The van der Waals surface area contributed by atoms with Gasteiger partial charge in [0, 0.05) is 18.0 Å². The van der Waals surface area contributed by atoms with Crippen LogP contribution in [0.1, 0.15) is 37.4 Å². The van der Waals surface area contributed by atoms with Crippen LogP contribution in [0.4, 0.5) is 0 Å². The zero-order chi connectivity index (χ0) is 8.67. The van der Waals surface area contributed by atoms with Crippen molar-refractivity contribution in [3.05, 3.63) is 24.2 Å². The summed E-state index contributed by atoms with van der Waals surface area (Å²) in [4.78, 5) is 0. The monoisotopic (exact) mass is 177 g/mol. The third-order valence-corrected chi connectivity index (χ3v) is 3.42. The van der Waals surface area contributed by atoms with Crippen LogP contribution in [0.2, 0.25) is 0 Å². The molecule has 2 aliphatic heterocycles. The highest BCUT2D eigenvalue weighted by molar-refractivity contribution is 5.10. The first-order chi connectivity index (χ1) is 6.42. The van der Waals surface area contributed by atoms with Gasteiger partial charge in [0.2, 0.25) is 0 Å². The van der Waals surface area contributed by atoms with Crippen LogP contribution >= 0.6 is 0 Å². The molecule has 0 aromatic carbocycles. The molecule has 0 spiro atoms. The molecule has 2 unspecified atom stereocenters. The number of hydrogen-bond acceptors (Lipinski definition) is 2. The molecule has 2 heteroatoms. The fourth-order valence-electron chi connectivity index (χ4n) is 2.81. The Kier molecular flexibility index (Phi) is 1.69. The van der Waals surface area contributed by atoms with E-state index < -0.39 is 0 Å². The van der Waals surface area contributed by atoms with E-state index in [-0.39, 0.29) is 0 Å². The standard InChI is InChI=1S/C11H15NO/c1-2-11(13-5-1)8-6-9-3-4-10(7-8)12-9/h1-2,5,8-10,12H,3-4,6-7H2. The van der Waals surface area contributed by atoms with Gasteiger partial charge >= 0.3 is 0 Å². The van der Waals surface area contributed by atoms with E-state index in [2.05, 4.69) is 11.4 Å². The zero-order valence-electron chi connectivity index (χ0n) is 7.70. The Hall–Kier alpha value is -0.760. The second kappa shape index (κ2) is 2.88. The van der Waals surface area contributed by atoms with Gasteiger partial charge in [0.15, 0.2) is 0 Å². The summed E-state index contributed by atoms with van der Waals surface area (Å²) in [5.41, 5.74) is 0. The van der Waals surface area contributed by atoms with Gasteiger partial charge in [-0.05, 0) is 37.8 Å². The van der Waals surface area contributed by atoms with Crippen LogP contribution in [-0.4, -0.2) is 12.1 Å². The number of furan rings is 1. The first-order valence-electron chi connectivity index (χ1n) is 5.21. The van der Waals surface area contributed by atoms with Gasteiger partial charge in [-0.2, -0.15) is 0 Å². The lowest BCUT2D eigenvalue weighted by molar-refractivity contribution is 0.324. The minimum absolute atomic E-state index is 0.675. The molecule has 1 N–H and O–H groups in total. The maximum atomic E-state index is 5.47. The third-order valence-electron chi connectivity index (χ3n) is 3.42. The van der Waals surface area contributed by atoms with Crippen LogP contribution in [0.3, 0.4) is 0 Å². The van der Waals surface area contributed by atoms with E-state index >= 15 is 0 Å². The molecular formula is C11H15NO. The van der Waals surface area contributed by atoms with Crippen molar-refractivity contribution in [3.8, 4) is 0 Å². The van der Waals surface area contributed by atoms with Crippen molar-refractivity contribution in [2.75, 3.05) is 0 Å². The van der Waals surface area contributed by atoms with E-state index in [1.165, 1.54) is 31.4 Å². The van der Waals surface area contributed by atoms with Crippen molar-refractivity contribution in [1.29, 1.82) is 0 Å². The molecule has 2 aliphatic rings. The SMILES string of the molecule is c1coc(C2CC3CCC(C2)N3)c1. The molecule has 0 radical (unpaired) electrons. The second-order valence-electron chi connectivity index (χ2n) is 4.32. The van der Waals surface area contributed by atoms with Crippen LogP contribution in [0.25, 0.3) is 0 Å². The summed E-state index contributed by atoms with van der Waals surface area (Å²) in [6.45, 7) is 0. The number of piperidine rings is 1. The van der Waals surface area contributed by atoms with Crippen LogP contribution in [0, 0.1) is 0 Å². The van der Waals surface area contributed by atoms with Gasteiger partial charge in [-0.25, -0.2) is 0 Å². The average molecular weight is 177 g/mol. The quantitative estimate of drug-likeness (QED) is 0.712. The summed E-state index contributed by atoms with van der Waals surface area (Å²) in [5, 5.41) is 3.64. The fraction of sp³-hybridized carbons (Fsp3) is 0.636. The first kappa shape index (κ1) is 7.63. The number of hydrogen-bond donors (Lipinski definition) is 1. The summed E-state index contributed by atoms with van der Waals surface area (Å²) in [6, 6.07) is 5.64. The highest BCUT2D eigenvalue weighted by Crippen LogP contribution is 2.37. The maximum Gasteiger partial charge on any atom is 0.106 e. The van der Waals surface area contributed by atoms with Gasteiger partial charge in [0.25, 0.3) is 0 Å². The maximum absolute atomic E-state index is 5.47. The molecule has 3 heterocycles. The number of rotatable bonds is 1. The van der Waals surface area contributed by atoms with Crippen molar-refractivity contribution in [3.63, 3.8) is 0 Å². The predicted octanol–water partition coefficient (Wildman–Crippen LogP) is 2.28. The Morgan fingerprint density at radius 2 is 2.00 bits per heavy atom. The third kappa shape index (κ3) is 1.29. The molecule has 70 valence electrons. The van der Waals surface area contributed by atoms with Crippen LogP contribution in [0.15, 0.2) is 22.8 Å². The predicted molar refractivity (Wildman–Crippen MR) is 50.6 cm³/mol. The molecule has 0 saturated carbocycles. The number of nitrogens with one attached hydrogen (secondary N) is 1. The minimum Gasteiger partial charge on any atom is -0.469 e. The lowest BCUT2D eigenvalue weighted by atomic mass is 9.90. The normalized spacial score (nSPS) is 38.0. The molecule has 1 aromatic rings. The largest absolute Gasteiger partial charge is 0.469 e. The molecule has 0 amide bonds. The molecule has 2 saturated heterocycles. The summed E-state index contributed by atoms with van der Waals surface area (Å²) in [5.74, 6) is 1.87. The smallest absolute Gasteiger partial charge is 0.106 e. The number of fused-ring (bicyclic) bond motifs is 2. The molecule has 0 aliphatic carbocycles. The van der Waals surface area contributed by atoms with Gasteiger partial charge in [-0.3, -0.25) is 0 Å². The lowest BCUT2D eigenvalue weighted by Crippen LogP contribution is -2.37. The van der Waals surface area contributed by atoms with Crippen molar-refractivity contribution in [1.82, 2.24) is 5.32 Å². The zero-order valence-corrected chi connectivity index (χ0v) is 7.70. The van der Waals surface area contributed by atoms with Crippen LogP contribution in [-0.2, 0) is 0 Å². The Morgan fingerprint density at radius 1 is 1.23 bits per heavy atom. The van der Waals surface area contributed by atoms with E-state index in [0.717, 1.165) is 12.1 Å². The summed E-state index contributed by atoms with van der Waals surface area (Å²) >= 11 is 0. The second-order valence-corrected chi connectivity index (χ2v) is 4.32. The summed E-state index contributed by atoms with van der Waals surface area (Å²) in [7, 11) is 0. The topological polar surface area (TPSA) is 25.2 Å². The molecule has 3 rings (SSSR count). The molecule has 2 fully saturated rings. The van der Waals surface area contributed by atoms with Crippen molar-refractivity contribution in [2.45, 2.75) is 43.7 Å². The lowest BCUT2D eigenvalue weighted by Gasteiger charge is -2.27. The van der Waals surface area contributed by atoms with E-state index in [0.29, 0.717) is 5.92 Å². The van der Waals surface area contributed by atoms with E-state index in [9.17, 15) is 0 Å². The summed E-state index contributed by atoms with van der Waals surface area (Å²) < 4.78 is 5.47. The van der Waals surface area contributed by atoms with E-state index in [4.69, 9.17) is 4.42 Å². The van der Waals surface area contributed by atoms with Gasteiger partial charge < -0.3 is 9.73 Å². The molecule has 2 nitrogen and oxygen atoms in total. The molecular weight excluding hydrogens is 162 g/mol. The first-order valence-corrected chi connectivity index (χ1v) is 5.21. The van der Waals surface area contributed by atoms with E-state index in [1.807, 2.05) is 6.07 Å². The van der Waals surface area contributed by atoms with Crippen LogP contribution in [0.5, 0.6) is 0 Å². The highest BCUT2D eigenvalue weighted by atomic mass is 16.3. The molecule has 13 heavy (non-hydrogen) atoms. The Balaban J connectivity index is 1.80. The van der Waals surface area contributed by atoms with E-state index in [1.54, 1.807) is 6.26 Å². The van der Waals surface area contributed by atoms with Gasteiger partial charge in [0.1, 0.15) is 5.76 Å². The van der Waals surface area contributed by atoms with Crippen molar-refractivity contribution >= 4 is 0 Å². The minimum atomic E-state index is 0.675. The molecule has 1 aromatic heterocycles. The van der Waals surface area contributed by atoms with Crippen molar-refractivity contribution in [2.24, 2.45) is 0 Å². The fourth-order valence-corrected chi connectivity index (χ4v) is 2.81. The Bertz CT molecular complexity index is 268. The Labute approximate surface area is 78.3 Å². The van der Waals surface area contributed by atoms with Gasteiger partial charge in [0.05, 0.1) is 6.26 Å². The average Bonchev–Trinajstić information content (AvgIpc) is 2.75. The highest BCUT2D eigenvalue weighted by Gasteiger charge is 2.34. The van der Waals surface area contributed by atoms with Crippen LogP contribution < -0.4 is 5.32 Å². The van der Waals surface area contributed by atoms with Gasteiger partial charge in [-0.1, -0.05) is 0 Å².